The maximum Gasteiger partial charge on any atom is 0.327 e. The van der Waals surface area contributed by atoms with E-state index >= 15 is 0 Å². The van der Waals surface area contributed by atoms with Gasteiger partial charge in [0.15, 0.2) is 0 Å². The van der Waals surface area contributed by atoms with Crippen LogP contribution < -0.4 is 5.32 Å². The van der Waals surface area contributed by atoms with Crippen LogP contribution in [0.4, 0.5) is 0 Å². The summed E-state index contributed by atoms with van der Waals surface area (Å²) in [5.74, 6) is -0.298. The smallest absolute Gasteiger partial charge is 0.327 e. The Morgan fingerprint density at radius 2 is 1.80 bits per heavy atom. The van der Waals surface area contributed by atoms with Gasteiger partial charge in [0.05, 0.1) is 7.11 Å². The van der Waals surface area contributed by atoms with Gasteiger partial charge in [-0.1, -0.05) is 64.5 Å². The van der Waals surface area contributed by atoms with Crippen molar-refractivity contribution >= 4 is 21.9 Å². The van der Waals surface area contributed by atoms with Crippen LogP contribution in [0, 0.1) is 0 Å². The molecule has 0 spiro atoms. The Bertz CT molecular complexity index is 572. The maximum absolute atomic E-state index is 12.0. The summed E-state index contributed by atoms with van der Waals surface area (Å²) in [6.07, 6.45) is 0. The predicted molar refractivity (Wildman–Crippen MR) is 82.2 cm³/mol. The van der Waals surface area contributed by atoms with Crippen molar-refractivity contribution in [3.63, 3.8) is 0 Å². The topological polar surface area (TPSA) is 38.3 Å². The minimum Gasteiger partial charge on any atom is -0.468 e. The summed E-state index contributed by atoms with van der Waals surface area (Å²) in [4.78, 5) is 12.0. The zero-order valence-corrected chi connectivity index (χ0v) is 12.8. The van der Waals surface area contributed by atoms with Crippen LogP contribution in [0.2, 0.25) is 0 Å². The second-order valence-electron chi connectivity index (χ2n) is 4.34. The van der Waals surface area contributed by atoms with Crippen molar-refractivity contribution in [2.45, 2.75) is 12.6 Å². The number of rotatable bonds is 5. The molecule has 1 unspecified atom stereocenters. The molecular formula is C16H16BrNO2. The molecule has 0 heterocycles. The fraction of sp³-hybridized carbons (Fsp3) is 0.188. The summed E-state index contributed by atoms with van der Waals surface area (Å²) >= 11 is 3.47. The van der Waals surface area contributed by atoms with Crippen LogP contribution in [0.15, 0.2) is 59.1 Å². The highest BCUT2D eigenvalue weighted by molar-refractivity contribution is 9.10. The van der Waals surface area contributed by atoms with Crippen LogP contribution >= 0.6 is 15.9 Å². The summed E-state index contributed by atoms with van der Waals surface area (Å²) in [7, 11) is 1.40. The molecule has 0 saturated carbocycles. The summed E-state index contributed by atoms with van der Waals surface area (Å²) in [6, 6.07) is 17.1. The van der Waals surface area contributed by atoms with Gasteiger partial charge < -0.3 is 4.74 Å². The van der Waals surface area contributed by atoms with E-state index in [1.54, 1.807) is 0 Å². The first-order valence-electron chi connectivity index (χ1n) is 6.32. The van der Waals surface area contributed by atoms with Crippen molar-refractivity contribution in [3.05, 3.63) is 70.2 Å². The van der Waals surface area contributed by atoms with Gasteiger partial charge in [0.2, 0.25) is 0 Å². The molecule has 0 aliphatic heterocycles. The van der Waals surface area contributed by atoms with Crippen molar-refractivity contribution in [3.8, 4) is 0 Å². The minimum atomic E-state index is -0.490. The van der Waals surface area contributed by atoms with Crippen molar-refractivity contribution in [1.29, 1.82) is 0 Å². The van der Waals surface area contributed by atoms with Gasteiger partial charge in [-0.25, -0.2) is 4.79 Å². The molecule has 2 rings (SSSR count). The SMILES string of the molecule is COC(=O)C(NCc1ccccc1)c1ccccc1Br. The third-order valence-electron chi connectivity index (χ3n) is 3.01. The molecule has 1 N–H and O–H groups in total. The average Bonchev–Trinajstić information content (AvgIpc) is 2.50. The number of ether oxygens (including phenoxy) is 1. The number of hydrogen-bond donors (Lipinski definition) is 1. The average molecular weight is 334 g/mol. The lowest BCUT2D eigenvalue weighted by Crippen LogP contribution is -2.29. The Morgan fingerprint density at radius 1 is 1.15 bits per heavy atom. The van der Waals surface area contributed by atoms with Gasteiger partial charge in [0.1, 0.15) is 6.04 Å². The number of esters is 1. The highest BCUT2D eigenvalue weighted by Gasteiger charge is 2.22. The lowest BCUT2D eigenvalue weighted by molar-refractivity contribution is -0.143. The Balaban J connectivity index is 2.17. The highest BCUT2D eigenvalue weighted by atomic mass is 79.9. The van der Waals surface area contributed by atoms with Gasteiger partial charge in [0, 0.05) is 11.0 Å². The third kappa shape index (κ3) is 3.68. The number of methoxy groups -OCH3 is 1. The molecule has 20 heavy (non-hydrogen) atoms. The van der Waals surface area contributed by atoms with Crippen molar-refractivity contribution < 1.29 is 9.53 Å². The van der Waals surface area contributed by atoms with E-state index in [0.29, 0.717) is 6.54 Å². The third-order valence-corrected chi connectivity index (χ3v) is 3.73. The molecule has 2 aromatic carbocycles. The summed E-state index contributed by atoms with van der Waals surface area (Å²) in [6.45, 7) is 0.599. The van der Waals surface area contributed by atoms with Gasteiger partial charge in [-0.3, -0.25) is 5.32 Å². The number of benzene rings is 2. The molecule has 3 nitrogen and oxygen atoms in total. The normalized spacial score (nSPS) is 11.9. The molecule has 0 amide bonds. The van der Waals surface area contributed by atoms with E-state index in [0.717, 1.165) is 15.6 Å². The Hall–Kier alpha value is -1.65. The van der Waals surface area contributed by atoms with Gasteiger partial charge >= 0.3 is 5.97 Å². The lowest BCUT2D eigenvalue weighted by atomic mass is 10.1. The van der Waals surface area contributed by atoms with Gasteiger partial charge in [0.25, 0.3) is 0 Å². The largest absolute Gasteiger partial charge is 0.468 e. The summed E-state index contributed by atoms with van der Waals surface area (Å²) in [5, 5.41) is 3.24. The fourth-order valence-corrected chi connectivity index (χ4v) is 2.48. The highest BCUT2D eigenvalue weighted by Crippen LogP contribution is 2.24. The van der Waals surface area contributed by atoms with Gasteiger partial charge in [-0.05, 0) is 17.2 Å². The van der Waals surface area contributed by atoms with Gasteiger partial charge in [-0.15, -0.1) is 0 Å². The fourth-order valence-electron chi connectivity index (χ4n) is 1.96. The first-order valence-corrected chi connectivity index (χ1v) is 7.11. The second-order valence-corrected chi connectivity index (χ2v) is 5.20. The predicted octanol–water partition coefficient (Wildman–Crippen LogP) is 3.45. The number of hydrogen-bond acceptors (Lipinski definition) is 3. The van der Waals surface area contributed by atoms with E-state index in [1.165, 1.54) is 7.11 Å². The standard InChI is InChI=1S/C16H16BrNO2/c1-20-16(19)15(13-9-5-6-10-14(13)17)18-11-12-7-3-2-4-8-12/h2-10,15,18H,11H2,1H3. The zero-order chi connectivity index (χ0) is 14.4. The van der Waals surface area contributed by atoms with Crippen molar-refractivity contribution in [1.82, 2.24) is 5.32 Å². The van der Waals surface area contributed by atoms with Crippen LogP contribution in [0.1, 0.15) is 17.2 Å². The lowest BCUT2D eigenvalue weighted by Gasteiger charge is -2.18. The molecule has 1 atom stereocenters. The number of nitrogens with one attached hydrogen (secondary N) is 1. The molecule has 104 valence electrons. The molecule has 0 saturated heterocycles. The first-order chi connectivity index (χ1) is 9.72. The molecule has 0 fully saturated rings. The van der Waals surface area contributed by atoms with Crippen LogP contribution in [0.25, 0.3) is 0 Å². The molecular weight excluding hydrogens is 318 g/mol. The van der Waals surface area contributed by atoms with Gasteiger partial charge in [-0.2, -0.15) is 0 Å². The molecule has 0 radical (unpaired) electrons. The van der Waals surface area contributed by atoms with E-state index < -0.39 is 6.04 Å². The van der Waals surface area contributed by atoms with Crippen LogP contribution in [0.3, 0.4) is 0 Å². The second kappa shape index (κ2) is 7.22. The first kappa shape index (κ1) is 14.8. The number of halogens is 1. The van der Waals surface area contributed by atoms with Crippen molar-refractivity contribution in [2.24, 2.45) is 0 Å². The van der Waals surface area contributed by atoms with Crippen molar-refractivity contribution in [2.75, 3.05) is 7.11 Å². The molecule has 0 bridgehead atoms. The Kier molecular flexibility index (Phi) is 5.32. The quantitative estimate of drug-likeness (QED) is 0.851. The van der Waals surface area contributed by atoms with E-state index in [4.69, 9.17) is 4.74 Å². The van der Waals surface area contributed by atoms with E-state index in [-0.39, 0.29) is 5.97 Å². The number of carbonyl (C=O) groups excluding carboxylic acids is 1. The van der Waals surface area contributed by atoms with E-state index in [9.17, 15) is 4.79 Å². The summed E-state index contributed by atoms with van der Waals surface area (Å²) < 4.78 is 5.77. The molecule has 4 heteroatoms. The molecule has 0 aliphatic carbocycles. The molecule has 0 aliphatic rings. The Morgan fingerprint density at radius 3 is 2.45 bits per heavy atom. The number of carbonyl (C=O) groups is 1. The van der Waals surface area contributed by atoms with Crippen LogP contribution in [-0.2, 0) is 16.1 Å². The van der Waals surface area contributed by atoms with Crippen LogP contribution in [-0.4, -0.2) is 13.1 Å². The zero-order valence-electron chi connectivity index (χ0n) is 11.2. The minimum absolute atomic E-state index is 0.298. The van der Waals surface area contributed by atoms with E-state index in [1.807, 2.05) is 54.6 Å². The monoisotopic (exact) mass is 333 g/mol. The molecule has 2 aromatic rings. The maximum atomic E-state index is 12.0. The Labute approximate surface area is 127 Å². The summed E-state index contributed by atoms with van der Waals surface area (Å²) in [5.41, 5.74) is 1.99. The van der Waals surface area contributed by atoms with E-state index in [2.05, 4.69) is 21.2 Å². The molecule has 0 aromatic heterocycles. The van der Waals surface area contributed by atoms with Crippen LogP contribution in [0.5, 0.6) is 0 Å².